The Balaban J connectivity index is 1.27. The largest absolute Gasteiger partial charge is 0.490 e. The van der Waals surface area contributed by atoms with Crippen molar-refractivity contribution < 1.29 is 9.53 Å². The van der Waals surface area contributed by atoms with E-state index in [1.807, 2.05) is 4.90 Å². The van der Waals surface area contributed by atoms with E-state index in [9.17, 15) is 4.79 Å². The Morgan fingerprint density at radius 1 is 1.07 bits per heavy atom. The lowest BCUT2D eigenvalue weighted by atomic mass is 10.1. The van der Waals surface area contributed by atoms with Crippen molar-refractivity contribution in [2.45, 2.75) is 50.7 Å². The second-order valence-corrected chi connectivity index (χ2v) is 7.93. The Bertz CT molecular complexity index is 948. The summed E-state index contributed by atoms with van der Waals surface area (Å²) in [4.78, 5) is 14.3. The Kier molecular flexibility index (Phi) is 4.55. The average molecular weight is 378 g/mol. The highest BCUT2D eigenvalue weighted by Crippen LogP contribution is 2.36. The summed E-state index contributed by atoms with van der Waals surface area (Å²) in [6.45, 7) is 1.42. The molecule has 3 heterocycles. The molecule has 0 spiro atoms. The van der Waals surface area contributed by atoms with Crippen molar-refractivity contribution in [1.29, 1.82) is 0 Å². The zero-order valence-electron chi connectivity index (χ0n) is 16.0. The molecule has 1 aliphatic carbocycles. The molecule has 0 atom stereocenters. The van der Waals surface area contributed by atoms with Gasteiger partial charge in [-0.1, -0.05) is 18.9 Å². The van der Waals surface area contributed by atoms with Gasteiger partial charge in [-0.2, -0.15) is 5.10 Å². The Hall–Kier alpha value is -2.76. The second-order valence-electron chi connectivity index (χ2n) is 7.93. The fourth-order valence-electron chi connectivity index (χ4n) is 4.67. The minimum atomic E-state index is 0.0201. The van der Waals surface area contributed by atoms with Gasteiger partial charge in [-0.3, -0.25) is 9.89 Å². The van der Waals surface area contributed by atoms with Crippen LogP contribution in [-0.2, 0) is 0 Å². The molecule has 2 aliphatic rings. The summed E-state index contributed by atoms with van der Waals surface area (Å²) in [5.41, 5.74) is 1.83. The molecule has 5 rings (SSSR count). The Morgan fingerprint density at radius 3 is 2.64 bits per heavy atom. The lowest BCUT2D eigenvalue weighted by molar-refractivity contribution is 0.0592. The number of likely N-dealkylation sites (tertiary alicyclic amines) is 1. The molecular weight excluding hydrogens is 352 g/mol. The molecule has 1 saturated carbocycles. The summed E-state index contributed by atoms with van der Waals surface area (Å²) in [6, 6.07) is 10.9. The van der Waals surface area contributed by atoms with Gasteiger partial charge >= 0.3 is 0 Å². The van der Waals surface area contributed by atoms with Crippen LogP contribution in [-0.4, -0.2) is 44.8 Å². The average Bonchev–Trinajstić information content (AvgIpc) is 3.49. The fourth-order valence-corrected chi connectivity index (χ4v) is 4.67. The molecular formula is C22H26N4O2. The van der Waals surface area contributed by atoms with Gasteiger partial charge in [-0.25, -0.2) is 0 Å². The highest BCUT2D eigenvalue weighted by Gasteiger charge is 2.26. The van der Waals surface area contributed by atoms with E-state index in [0.29, 0.717) is 24.8 Å². The van der Waals surface area contributed by atoms with Crippen molar-refractivity contribution in [3.8, 4) is 5.75 Å². The number of amides is 1. The number of carbonyl (C=O) groups is 1. The minimum Gasteiger partial charge on any atom is -0.490 e. The second kappa shape index (κ2) is 7.34. The van der Waals surface area contributed by atoms with Gasteiger partial charge in [0, 0.05) is 49.8 Å². The lowest BCUT2D eigenvalue weighted by Gasteiger charge is -2.32. The number of hydrogen-bond acceptors (Lipinski definition) is 3. The van der Waals surface area contributed by atoms with Crippen LogP contribution in [0.3, 0.4) is 0 Å². The van der Waals surface area contributed by atoms with Crippen LogP contribution in [0.4, 0.5) is 0 Å². The van der Waals surface area contributed by atoms with Gasteiger partial charge in [0.15, 0.2) is 0 Å². The van der Waals surface area contributed by atoms with Crippen LogP contribution in [0.25, 0.3) is 10.9 Å². The molecule has 1 amide bonds. The number of hydrogen-bond donors (Lipinski definition) is 1. The van der Waals surface area contributed by atoms with Gasteiger partial charge in [-0.15, -0.1) is 0 Å². The van der Waals surface area contributed by atoms with Crippen LogP contribution in [0.15, 0.2) is 42.7 Å². The summed E-state index contributed by atoms with van der Waals surface area (Å²) >= 11 is 0. The highest BCUT2D eigenvalue weighted by molar-refractivity contribution is 5.92. The first-order valence-electron chi connectivity index (χ1n) is 10.3. The summed E-state index contributed by atoms with van der Waals surface area (Å²) in [5.74, 6) is 0.985. The molecule has 6 nitrogen and oxygen atoms in total. The molecule has 1 N–H and O–H groups in total. The van der Waals surface area contributed by atoms with Crippen molar-refractivity contribution >= 4 is 16.8 Å². The number of piperidine rings is 1. The standard InChI is InChI=1S/C22H26N4O2/c27-22(19-8-12-23-24-19)25-13-9-17(10-14-25)28-21-7-3-6-20-18(21)11-15-26(20)16-4-1-2-5-16/h3,6-8,11-12,15-17H,1-2,4-5,9-10,13-14H2,(H,23,24). The molecule has 28 heavy (non-hydrogen) atoms. The summed E-state index contributed by atoms with van der Waals surface area (Å²) < 4.78 is 8.82. The quantitative estimate of drug-likeness (QED) is 0.741. The minimum absolute atomic E-state index is 0.0201. The number of rotatable bonds is 4. The van der Waals surface area contributed by atoms with Crippen LogP contribution < -0.4 is 4.74 Å². The van der Waals surface area contributed by atoms with Crippen LogP contribution in [0.1, 0.15) is 55.1 Å². The van der Waals surface area contributed by atoms with Gasteiger partial charge < -0.3 is 14.2 Å². The molecule has 2 fully saturated rings. The molecule has 3 aromatic rings. The monoisotopic (exact) mass is 378 g/mol. The van der Waals surface area contributed by atoms with Gasteiger partial charge in [0.1, 0.15) is 17.5 Å². The van der Waals surface area contributed by atoms with E-state index < -0.39 is 0 Å². The number of aromatic nitrogens is 3. The maximum atomic E-state index is 12.4. The topological polar surface area (TPSA) is 63.1 Å². The van der Waals surface area contributed by atoms with Gasteiger partial charge in [0.25, 0.3) is 5.91 Å². The number of nitrogens with one attached hydrogen (secondary N) is 1. The number of aromatic amines is 1. The van der Waals surface area contributed by atoms with E-state index in [1.54, 1.807) is 12.3 Å². The SMILES string of the molecule is O=C(c1ccn[nH]1)N1CCC(Oc2cccc3c2ccn3C2CCCC2)CC1. The third-order valence-corrected chi connectivity index (χ3v) is 6.20. The summed E-state index contributed by atoms with van der Waals surface area (Å²) in [7, 11) is 0. The Labute approximate surface area is 164 Å². The van der Waals surface area contributed by atoms with Crippen molar-refractivity contribution in [3.63, 3.8) is 0 Å². The predicted molar refractivity (Wildman–Crippen MR) is 108 cm³/mol. The first kappa shape index (κ1) is 17.3. The molecule has 6 heteroatoms. The van der Waals surface area contributed by atoms with Crippen LogP contribution in [0.2, 0.25) is 0 Å². The first-order valence-corrected chi connectivity index (χ1v) is 10.3. The molecule has 1 aromatic carbocycles. The molecule has 1 saturated heterocycles. The zero-order chi connectivity index (χ0) is 18.9. The van der Waals surface area contributed by atoms with E-state index in [2.05, 4.69) is 45.2 Å². The zero-order valence-corrected chi connectivity index (χ0v) is 16.0. The van der Waals surface area contributed by atoms with Crippen molar-refractivity contribution in [2.24, 2.45) is 0 Å². The smallest absolute Gasteiger partial charge is 0.271 e. The number of H-pyrrole nitrogens is 1. The molecule has 0 radical (unpaired) electrons. The molecule has 0 bridgehead atoms. The van der Waals surface area contributed by atoms with E-state index in [-0.39, 0.29) is 12.0 Å². The van der Waals surface area contributed by atoms with E-state index in [4.69, 9.17) is 4.74 Å². The van der Waals surface area contributed by atoms with Crippen LogP contribution in [0, 0.1) is 0 Å². The Morgan fingerprint density at radius 2 is 1.89 bits per heavy atom. The molecule has 2 aromatic heterocycles. The van der Waals surface area contributed by atoms with Crippen LogP contribution in [0.5, 0.6) is 5.75 Å². The van der Waals surface area contributed by atoms with Crippen molar-refractivity contribution in [3.05, 3.63) is 48.4 Å². The fraction of sp³-hybridized carbons (Fsp3) is 0.455. The highest BCUT2D eigenvalue weighted by atomic mass is 16.5. The molecule has 146 valence electrons. The number of nitrogens with zero attached hydrogens (tertiary/aromatic N) is 3. The third-order valence-electron chi connectivity index (χ3n) is 6.20. The number of carbonyl (C=O) groups excluding carboxylic acids is 1. The normalized spacial score (nSPS) is 18.8. The van der Waals surface area contributed by atoms with E-state index >= 15 is 0 Å². The van der Waals surface area contributed by atoms with Crippen molar-refractivity contribution in [1.82, 2.24) is 19.7 Å². The van der Waals surface area contributed by atoms with Gasteiger partial charge in [0.05, 0.1) is 5.52 Å². The first-order chi connectivity index (χ1) is 13.8. The molecule has 0 unspecified atom stereocenters. The van der Waals surface area contributed by atoms with Gasteiger partial charge in [0.2, 0.25) is 0 Å². The number of ether oxygens (including phenoxy) is 1. The summed E-state index contributed by atoms with van der Waals surface area (Å²) in [5, 5.41) is 7.82. The number of fused-ring (bicyclic) bond motifs is 1. The maximum Gasteiger partial charge on any atom is 0.271 e. The third kappa shape index (κ3) is 3.17. The van der Waals surface area contributed by atoms with E-state index in [1.165, 1.54) is 36.6 Å². The van der Waals surface area contributed by atoms with Gasteiger partial charge in [-0.05, 0) is 37.1 Å². The maximum absolute atomic E-state index is 12.4. The molecule has 1 aliphatic heterocycles. The lowest BCUT2D eigenvalue weighted by Crippen LogP contribution is -2.41. The predicted octanol–water partition coefficient (Wildman–Crippen LogP) is 4.16. The van der Waals surface area contributed by atoms with Crippen molar-refractivity contribution in [2.75, 3.05) is 13.1 Å². The number of benzene rings is 1. The summed E-state index contributed by atoms with van der Waals surface area (Å²) in [6.07, 6.45) is 10.9. The van der Waals surface area contributed by atoms with Crippen LogP contribution >= 0.6 is 0 Å². The van der Waals surface area contributed by atoms with E-state index in [0.717, 1.165) is 18.6 Å².